The third kappa shape index (κ3) is 4.66. The lowest BCUT2D eigenvalue weighted by Gasteiger charge is -2.36. The van der Waals surface area contributed by atoms with Crippen LogP contribution in [0.25, 0.3) is 10.7 Å². The van der Waals surface area contributed by atoms with Crippen molar-refractivity contribution in [3.63, 3.8) is 0 Å². The van der Waals surface area contributed by atoms with Gasteiger partial charge in [-0.15, -0.1) is 11.3 Å². The average molecular weight is 357 g/mol. The van der Waals surface area contributed by atoms with Crippen molar-refractivity contribution in [1.29, 1.82) is 0 Å². The summed E-state index contributed by atoms with van der Waals surface area (Å²) >= 11 is 1.69. The minimum atomic E-state index is 0.832. The monoisotopic (exact) mass is 356 g/mol. The fraction of sp³-hybridized carbons (Fsp3) is 0.600. The molecule has 134 valence electrons. The van der Waals surface area contributed by atoms with Crippen LogP contribution in [-0.2, 0) is 6.54 Å². The quantitative estimate of drug-likeness (QED) is 0.813. The Kier molecular flexibility index (Phi) is 5.75. The summed E-state index contributed by atoms with van der Waals surface area (Å²) in [5.74, 6) is 1.68. The molecule has 0 N–H and O–H groups in total. The number of aromatic nitrogens is 2. The van der Waals surface area contributed by atoms with Crippen LogP contribution in [0.5, 0.6) is 0 Å². The minimum Gasteiger partial charge on any atom is -0.303 e. The van der Waals surface area contributed by atoms with E-state index >= 15 is 0 Å². The Morgan fingerprint density at radius 3 is 2.56 bits per heavy atom. The van der Waals surface area contributed by atoms with E-state index in [1.807, 2.05) is 18.5 Å². The van der Waals surface area contributed by atoms with E-state index < -0.39 is 0 Å². The third-order valence-electron chi connectivity index (χ3n) is 5.42. The van der Waals surface area contributed by atoms with Crippen molar-refractivity contribution >= 4 is 11.3 Å². The molecule has 1 atom stereocenters. The van der Waals surface area contributed by atoms with Gasteiger partial charge in [0.1, 0.15) is 0 Å². The van der Waals surface area contributed by atoms with Crippen molar-refractivity contribution in [3.8, 4) is 10.7 Å². The molecule has 2 aliphatic heterocycles. The van der Waals surface area contributed by atoms with E-state index in [9.17, 15) is 0 Å². The van der Waals surface area contributed by atoms with E-state index in [4.69, 9.17) is 0 Å². The van der Waals surface area contributed by atoms with Crippen LogP contribution in [0.15, 0.2) is 29.9 Å². The molecule has 2 aliphatic rings. The average Bonchev–Trinajstić information content (AvgIpc) is 3.18. The molecular formula is C20H28N4S. The molecule has 0 aromatic carbocycles. The first kappa shape index (κ1) is 17.1. The van der Waals surface area contributed by atoms with E-state index in [0.717, 1.165) is 23.2 Å². The summed E-state index contributed by atoms with van der Waals surface area (Å²) in [6.07, 6.45) is 10.9. The summed E-state index contributed by atoms with van der Waals surface area (Å²) < 4.78 is 0. The summed E-state index contributed by atoms with van der Waals surface area (Å²) in [6, 6.07) is 4.13. The fourth-order valence-electron chi connectivity index (χ4n) is 4.18. The van der Waals surface area contributed by atoms with Crippen molar-refractivity contribution in [2.45, 2.75) is 38.6 Å². The van der Waals surface area contributed by atoms with E-state index in [-0.39, 0.29) is 0 Å². The zero-order chi connectivity index (χ0) is 16.9. The molecule has 0 radical (unpaired) electrons. The molecule has 2 saturated heterocycles. The van der Waals surface area contributed by atoms with Gasteiger partial charge in [0, 0.05) is 37.6 Å². The highest BCUT2D eigenvalue weighted by Gasteiger charge is 2.23. The predicted octanol–water partition coefficient (Wildman–Crippen LogP) is 3.90. The van der Waals surface area contributed by atoms with Crippen molar-refractivity contribution in [2.75, 3.05) is 32.7 Å². The maximum atomic E-state index is 4.56. The lowest BCUT2D eigenvalue weighted by Crippen LogP contribution is -2.42. The second-order valence-corrected chi connectivity index (χ2v) is 8.44. The molecule has 4 rings (SSSR count). The van der Waals surface area contributed by atoms with Gasteiger partial charge in [0.2, 0.25) is 0 Å². The van der Waals surface area contributed by atoms with Gasteiger partial charge in [-0.1, -0.05) is 12.5 Å². The Labute approximate surface area is 154 Å². The van der Waals surface area contributed by atoms with Crippen molar-refractivity contribution < 1.29 is 0 Å². The van der Waals surface area contributed by atoms with Crippen LogP contribution in [0.2, 0.25) is 0 Å². The van der Waals surface area contributed by atoms with E-state index in [0.29, 0.717) is 0 Å². The largest absolute Gasteiger partial charge is 0.303 e. The van der Waals surface area contributed by atoms with Crippen LogP contribution in [-0.4, -0.2) is 52.5 Å². The van der Waals surface area contributed by atoms with Gasteiger partial charge < -0.3 is 4.90 Å². The van der Waals surface area contributed by atoms with Crippen LogP contribution in [0.3, 0.4) is 0 Å². The lowest BCUT2D eigenvalue weighted by atomic mass is 9.96. The normalized spacial score (nSPS) is 23.0. The number of hydrogen-bond acceptors (Lipinski definition) is 5. The number of piperidine rings is 2. The van der Waals surface area contributed by atoms with Crippen LogP contribution in [0.1, 0.15) is 37.7 Å². The molecule has 0 spiro atoms. The highest BCUT2D eigenvalue weighted by atomic mass is 32.1. The second kappa shape index (κ2) is 8.39. The molecule has 0 bridgehead atoms. The molecule has 2 aromatic rings. The molecule has 0 amide bonds. The minimum absolute atomic E-state index is 0.832. The first-order valence-electron chi connectivity index (χ1n) is 9.66. The molecule has 0 aliphatic carbocycles. The lowest BCUT2D eigenvalue weighted by molar-refractivity contribution is 0.118. The van der Waals surface area contributed by atoms with Gasteiger partial charge in [-0.2, -0.15) is 0 Å². The second-order valence-electron chi connectivity index (χ2n) is 7.50. The van der Waals surface area contributed by atoms with Gasteiger partial charge in [-0.3, -0.25) is 4.90 Å². The predicted molar refractivity (Wildman–Crippen MR) is 104 cm³/mol. The van der Waals surface area contributed by atoms with Gasteiger partial charge in [-0.05, 0) is 62.7 Å². The molecule has 0 saturated carbocycles. The summed E-state index contributed by atoms with van der Waals surface area (Å²) in [5, 5.41) is 2.07. The maximum absolute atomic E-state index is 4.56. The third-order valence-corrected chi connectivity index (χ3v) is 6.29. The number of thiophene rings is 1. The van der Waals surface area contributed by atoms with Gasteiger partial charge in [-0.25, -0.2) is 9.97 Å². The van der Waals surface area contributed by atoms with Gasteiger partial charge in [0.15, 0.2) is 5.82 Å². The van der Waals surface area contributed by atoms with Gasteiger partial charge >= 0.3 is 0 Å². The van der Waals surface area contributed by atoms with Crippen LogP contribution in [0.4, 0.5) is 0 Å². The van der Waals surface area contributed by atoms with Gasteiger partial charge in [0.05, 0.1) is 4.88 Å². The molecule has 2 fully saturated rings. The zero-order valence-corrected chi connectivity index (χ0v) is 15.8. The Morgan fingerprint density at radius 2 is 1.80 bits per heavy atom. The number of likely N-dealkylation sites (tertiary alicyclic amines) is 2. The molecule has 1 unspecified atom stereocenters. The topological polar surface area (TPSA) is 32.3 Å². The Bertz CT molecular complexity index is 634. The highest BCUT2D eigenvalue weighted by molar-refractivity contribution is 7.13. The molecule has 4 heterocycles. The van der Waals surface area contributed by atoms with E-state index in [1.165, 1.54) is 70.4 Å². The van der Waals surface area contributed by atoms with E-state index in [1.54, 1.807) is 11.3 Å². The maximum Gasteiger partial charge on any atom is 0.169 e. The van der Waals surface area contributed by atoms with Crippen molar-refractivity contribution in [2.24, 2.45) is 5.92 Å². The number of hydrogen-bond donors (Lipinski definition) is 0. The Hall–Kier alpha value is -1.30. The summed E-state index contributed by atoms with van der Waals surface area (Å²) in [7, 11) is 0. The molecule has 2 aromatic heterocycles. The zero-order valence-electron chi connectivity index (χ0n) is 14.9. The fourth-order valence-corrected chi connectivity index (χ4v) is 4.85. The van der Waals surface area contributed by atoms with E-state index in [2.05, 4.69) is 31.2 Å². The van der Waals surface area contributed by atoms with Crippen molar-refractivity contribution in [1.82, 2.24) is 19.8 Å². The molecule has 25 heavy (non-hydrogen) atoms. The smallest absolute Gasteiger partial charge is 0.169 e. The standard InChI is InChI=1S/C20H28N4S/c1-2-8-23(9-3-1)14-17-6-4-10-24(15-17)16-18-12-21-20(22-13-18)19-7-5-11-25-19/h5,7,11-13,17H,1-4,6,8-10,14-16H2. The van der Waals surface area contributed by atoms with Crippen LogP contribution in [0, 0.1) is 5.92 Å². The summed E-state index contributed by atoms with van der Waals surface area (Å²) in [5.41, 5.74) is 1.24. The highest BCUT2D eigenvalue weighted by Crippen LogP contribution is 2.23. The molecule has 5 heteroatoms. The molecule has 4 nitrogen and oxygen atoms in total. The number of rotatable bonds is 5. The Morgan fingerprint density at radius 1 is 1.00 bits per heavy atom. The van der Waals surface area contributed by atoms with Gasteiger partial charge in [0.25, 0.3) is 0 Å². The summed E-state index contributed by atoms with van der Waals surface area (Å²) in [6.45, 7) is 7.35. The van der Waals surface area contributed by atoms with Crippen LogP contribution >= 0.6 is 11.3 Å². The summed E-state index contributed by atoms with van der Waals surface area (Å²) in [4.78, 5) is 15.6. The van der Waals surface area contributed by atoms with Crippen molar-refractivity contribution in [3.05, 3.63) is 35.5 Å². The first-order chi connectivity index (χ1) is 12.4. The SMILES string of the molecule is c1csc(-c2ncc(CN3CCCC(CN4CCCCC4)C3)cn2)c1. The molecular weight excluding hydrogens is 328 g/mol. The van der Waals surface area contributed by atoms with Crippen LogP contribution < -0.4 is 0 Å². The first-order valence-corrected chi connectivity index (χ1v) is 10.5. The number of nitrogens with zero attached hydrogens (tertiary/aromatic N) is 4. The Balaban J connectivity index is 1.31.